The quantitative estimate of drug-likeness (QED) is 0.879. The first-order chi connectivity index (χ1) is 11.9. The van der Waals surface area contributed by atoms with E-state index in [9.17, 15) is 9.59 Å². The van der Waals surface area contributed by atoms with Crippen molar-refractivity contribution in [2.24, 2.45) is 0 Å². The standard InChI is InChI=1S/C20H24N2O3/c1-14-5-8-16(9-6-14)20(24)21-12-19(23)22(3)13-17-11-15(2)7-10-18(17)25-4/h5-11H,12-13H2,1-4H3,(H,21,24). The van der Waals surface area contributed by atoms with Gasteiger partial charge in [-0.2, -0.15) is 0 Å². The van der Waals surface area contributed by atoms with Crippen LogP contribution in [-0.4, -0.2) is 37.4 Å². The lowest BCUT2D eigenvalue weighted by molar-refractivity contribution is -0.129. The lowest BCUT2D eigenvalue weighted by Crippen LogP contribution is -2.37. The van der Waals surface area contributed by atoms with Crippen molar-refractivity contribution in [2.75, 3.05) is 20.7 Å². The number of carbonyl (C=O) groups excluding carboxylic acids is 2. The molecule has 2 aromatic carbocycles. The van der Waals surface area contributed by atoms with Crippen LogP contribution in [-0.2, 0) is 11.3 Å². The van der Waals surface area contributed by atoms with Crippen LogP contribution in [0.2, 0.25) is 0 Å². The van der Waals surface area contributed by atoms with Crippen LogP contribution in [0.15, 0.2) is 42.5 Å². The summed E-state index contributed by atoms with van der Waals surface area (Å²) in [4.78, 5) is 26.0. The molecule has 5 nitrogen and oxygen atoms in total. The van der Waals surface area contributed by atoms with E-state index in [1.54, 1.807) is 31.2 Å². The highest BCUT2D eigenvalue weighted by atomic mass is 16.5. The minimum absolute atomic E-state index is 0.0443. The van der Waals surface area contributed by atoms with E-state index in [1.807, 2.05) is 44.2 Å². The number of benzene rings is 2. The zero-order valence-electron chi connectivity index (χ0n) is 15.1. The Bertz CT molecular complexity index is 754. The van der Waals surface area contributed by atoms with Gasteiger partial charge in [0, 0.05) is 24.7 Å². The van der Waals surface area contributed by atoms with E-state index in [-0.39, 0.29) is 18.4 Å². The molecule has 1 N–H and O–H groups in total. The molecule has 0 aromatic heterocycles. The van der Waals surface area contributed by atoms with Crippen LogP contribution in [0.25, 0.3) is 0 Å². The molecule has 0 bridgehead atoms. The van der Waals surface area contributed by atoms with E-state index in [0.717, 1.165) is 22.4 Å². The van der Waals surface area contributed by atoms with Crippen LogP contribution in [0.3, 0.4) is 0 Å². The average Bonchev–Trinajstić information content (AvgIpc) is 2.60. The number of nitrogens with one attached hydrogen (secondary N) is 1. The first-order valence-corrected chi connectivity index (χ1v) is 8.13. The Balaban J connectivity index is 1.93. The summed E-state index contributed by atoms with van der Waals surface area (Å²) in [5, 5.41) is 2.66. The second-order valence-electron chi connectivity index (χ2n) is 6.11. The first-order valence-electron chi connectivity index (χ1n) is 8.13. The molecule has 0 fully saturated rings. The number of nitrogens with zero attached hydrogens (tertiary/aromatic N) is 1. The number of ether oxygens (including phenoxy) is 1. The SMILES string of the molecule is COc1ccc(C)cc1CN(C)C(=O)CNC(=O)c1ccc(C)cc1. The minimum atomic E-state index is -0.255. The third kappa shape index (κ3) is 5.08. The van der Waals surface area contributed by atoms with Crippen molar-refractivity contribution in [3.8, 4) is 5.75 Å². The van der Waals surface area contributed by atoms with E-state index in [1.165, 1.54) is 0 Å². The maximum Gasteiger partial charge on any atom is 0.251 e. The molecule has 2 rings (SSSR count). The van der Waals surface area contributed by atoms with Crippen molar-refractivity contribution in [1.29, 1.82) is 0 Å². The molecule has 0 atom stereocenters. The normalized spacial score (nSPS) is 10.2. The molecule has 0 aliphatic rings. The van der Waals surface area contributed by atoms with Crippen molar-refractivity contribution in [3.05, 3.63) is 64.7 Å². The molecule has 0 unspecified atom stereocenters. The van der Waals surface area contributed by atoms with Crippen LogP contribution in [0, 0.1) is 13.8 Å². The summed E-state index contributed by atoms with van der Waals surface area (Å²) in [5.74, 6) is 0.327. The summed E-state index contributed by atoms with van der Waals surface area (Å²) in [6.45, 7) is 4.33. The molecular weight excluding hydrogens is 316 g/mol. The summed E-state index contributed by atoms with van der Waals surface area (Å²) >= 11 is 0. The van der Waals surface area contributed by atoms with E-state index in [2.05, 4.69) is 5.32 Å². The van der Waals surface area contributed by atoms with Gasteiger partial charge in [-0.05, 0) is 32.0 Å². The Morgan fingerprint density at radius 2 is 1.68 bits per heavy atom. The fraction of sp³-hybridized carbons (Fsp3) is 0.300. The van der Waals surface area contributed by atoms with Gasteiger partial charge < -0.3 is 15.0 Å². The predicted molar refractivity (Wildman–Crippen MR) is 97.7 cm³/mol. The molecule has 0 saturated heterocycles. The number of rotatable bonds is 6. The lowest BCUT2D eigenvalue weighted by atomic mass is 10.1. The van der Waals surface area contributed by atoms with Crippen LogP contribution < -0.4 is 10.1 Å². The zero-order valence-corrected chi connectivity index (χ0v) is 15.1. The van der Waals surface area contributed by atoms with Gasteiger partial charge in [0.1, 0.15) is 5.75 Å². The Morgan fingerprint density at radius 1 is 1.04 bits per heavy atom. The highest BCUT2D eigenvalue weighted by Gasteiger charge is 2.14. The first kappa shape index (κ1) is 18.5. The van der Waals surface area contributed by atoms with Crippen LogP contribution in [0.5, 0.6) is 5.75 Å². The van der Waals surface area contributed by atoms with Crippen LogP contribution in [0.4, 0.5) is 0 Å². The second-order valence-corrected chi connectivity index (χ2v) is 6.11. The van der Waals surface area contributed by atoms with Crippen molar-refractivity contribution in [3.63, 3.8) is 0 Å². The monoisotopic (exact) mass is 340 g/mol. The zero-order chi connectivity index (χ0) is 18.4. The van der Waals surface area contributed by atoms with Gasteiger partial charge >= 0.3 is 0 Å². The van der Waals surface area contributed by atoms with Gasteiger partial charge in [0.05, 0.1) is 13.7 Å². The van der Waals surface area contributed by atoms with E-state index in [4.69, 9.17) is 4.74 Å². The van der Waals surface area contributed by atoms with Gasteiger partial charge in [-0.1, -0.05) is 35.4 Å². The van der Waals surface area contributed by atoms with Gasteiger partial charge in [-0.15, -0.1) is 0 Å². The number of hydrogen-bond donors (Lipinski definition) is 1. The number of amides is 2. The Morgan fingerprint density at radius 3 is 2.32 bits per heavy atom. The molecule has 0 saturated carbocycles. The summed E-state index contributed by atoms with van der Waals surface area (Å²) in [5.41, 5.74) is 3.66. The van der Waals surface area contributed by atoms with Gasteiger partial charge in [-0.3, -0.25) is 9.59 Å². The molecule has 5 heteroatoms. The molecule has 25 heavy (non-hydrogen) atoms. The van der Waals surface area contributed by atoms with Crippen molar-refractivity contribution >= 4 is 11.8 Å². The van der Waals surface area contributed by atoms with Gasteiger partial charge in [0.15, 0.2) is 0 Å². The molecule has 0 spiro atoms. The molecule has 132 valence electrons. The summed E-state index contributed by atoms with van der Waals surface area (Å²) < 4.78 is 5.34. The van der Waals surface area contributed by atoms with Gasteiger partial charge in [0.25, 0.3) is 5.91 Å². The number of hydrogen-bond acceptors (Lipinski definition) is 3. The lowest BCUT2D eigenvalue weighted by Gasteiger charge is -2.19. The minimum Gasteiger partial charge on any atom is -0.496 e. The predicted octanol–water partition coefficient (Wildman–Crippen LogP) is 2.70. The number of likely N-dealkylation sites (N-methyl/N-ethyl adjacent to an activating group) is 1. The summed E-state index contributed by atoms with van der Waals surface area (Å²) in [6, 6.07) is 13.1. The molecule has 0 aliphatic heterocycles. The van der Waals surface area contributed by atoms with Crippen LogP contribution in [0.1, 0.15) is 27.0 Å². The fourth-order valence-electron chi connectivity index (χ4n) is 2.47. The van der Waals surface area contributed by atoms with E-state index in [0.29, 0.717) is 12.1 Å². The smallest absolute Gasteiger partial charge is 0.251 e. The molecule has 2 amide bonds. The van der Waals surface area contributed by atoms with Crippen molar-refractivity contribution in [1.82, 2.24) is 10.2 Å². The second kappa shape index (κ2) is 8.33. The molecular formula is C20H24N2O3. The highest BCUT2D eigenvalue weighted by molar-refractivity contribution is 5.96. The van der Waals surface area contributed by atoms with E-state index < -0.39 is 0 Å². The largest absolute Gasteiger partial charge is 0.496 e. The Kier molecular flexibility index (Phi) is 6.17. The molecule has 0 aliphatic carbocycles. The highest BCUT2D eigenvalue weighted by Crippen LogP contribution is 2.20. The number of methoxy groups -OCH3 is 1. The third-order valence-electron chi connectivity index (χ3n) is 3.98. The number of aryl methyl sites for hydroxylation is 2. The Hall–Kier alpha value is -2.82. The Labute approximate surface area is 148 Å². The molecule has 2 aromatic rings. The fourth-order valence-corrected chi connectivity index (χ4v) is 2.47. The van der Waals surface area contributed by atoms with E-state index >= 15 is 0 Å². The maximum atomic E-state index is 12.3. The van der Waals surface area contributed by atoms with Crippen molar-refractivity contribution < 1.29 is 14.3 Å². The topological polar surface area (TPSA) is 58.6 Å². The van der Waals surface area contributed by atoms with Crippen LogP contribution >= 0.6 is 0 Å². The number of carbonyl (C=O) groups is 2. The van der Waals surface area contributed by atoms with Gasteiger partial charge in [-0.25, -0.2) is 0 Å². The molecule has 0 heterocycles. The van der Waals surface area contributed by atoms with Gasteiger partial charge in [0.2, 0.25) is 5.91 Å². The summed E-state index contributed by atoms with van der Waals surface area (Å²) in [6.07, 6.45) is 0. The maximum absolute atomic E-state index is 12.3. The van der Waals surface area contributed by atoms with Crippen molar-refractivity contribution in [2.45, 2.75) is 20.4 Å². The average molecular weight is 340 g/mol. The third-order valence-corrected chi connectivity index (χ3v) is 3.98. The molecule has 0 radical (unpaired) electrons. The summed E-state index contributed by atoms with van der Waals surface area (Å²) in [7, 11) is 3.32.